The van der Waals surface area contributed by atoms with Gasteiger partial charge in [0.25, 0.3) is 0 Å². The molecule has 0 amide bonds. The van der Waals surface area contributed by atoms with E-state index in [2.05, 4.69) is 42.1 Å². The Morgan fingerprint density at radius 3 is 2.90 bits per heavy atom. The second kappa shape index (κ2) is 5.78. The highest BCUT2D eigenvalue weighted by Crippen LogP contribution is 2.30. The average molecular weight is 302 g/mol. The van der Waals surface area contributed by atoms with Crippen molar-refractivity contribution < 1.29 is 5.11 Å². The van der Waals surface area contributed by atoms with Crippen molar-refractivity contribution in [2.75, 3.05) is 18.5 Å². The van der Waals surface area contributed by atoms with E-state index in [0.29, 0.717) is 6.42 Å². The second-order valence-corrected chi connectivity index (χ2v) is 7.17. The van der Waals surface area contributed by atoms with E-state index >= 15 is 0 Å². The van der Waals surface area contributed by atoms with Gasteiger partial charge in [-0.25, -0.2) is 4.98 Å². The van der Waals surface area contributed by atoms with Crippen molar-refractivity contribution in [3.05, 3.63) is 44.9 Å². The molecule has 0 aliphatic carbocycles. The number of benzene rings is 1. The Balaban J connectivity index is 1.80. The summed E-state index contributed by atoms with van der Waals surface area (Å²) in [6.45, 7) is 5.22. The van der Waals surface area contributed by atoms with Gasteiger partial charge in [-0.3, -0.25) is 0 Å². The van der Waals surface area contributed by atoms with Crippen LogP contribution < -0.4 is 4.90 Å². The molecule has 0 saturated heterocycles. The van der Waals surface area contributed by atoms with Gasteiger partial charge in [0.1, 0.15) is 0 Å². The zero-order valence-electron chi connectivity index (χ0n) is 12.9. The van der Waals surface area contributed by atoms with Gasteiger partial charge in [-0.05, 0) is 43.9 Å². The number of fused-ring (bicyclic) bond motifs is 1. The Morgan fingerprint density at radius 1 is 1.38 bits per heavy atom. The molecule has 2 heterocycles. The number of aromatic nitrogens is 1. The minimum Gasteiger partial charge on any atom is -0.388 e. The number of aliphatic hydroxyl groups is 1. The number of rotatable bonds is 3. The first kappa shape index (κ1) is 14.5. The number of hydrogen-bond acceptors (Lipinski definition) is 4. The van der Waals surface area contributed by atoms with Gasteiger partial charge in [-0.1, -0.05) is 12.1 Å². The van der Waals surface area contributed by atoms with Crippen LogP contribution >= 0.6 is 11.3 Å². The van der Waals surface area contributed by atoms with Crippen molar-refractivity contribution in [1.82, 2.24) is 4.98 Å². The van der Waals surface area contributed by atoms with Gasteiger partial charge in [0.05, 0.1) is 16.8 Å². The third-order valence-corrected chi connectivity index (χ3v) is 5.38. The normalized spacial score (nSPS) is 15.9. The van der Waals surface area contributed by atoms with Crippen LogP contribution in [-0.4, -0.2) is 23.7 Å². The Morgan fingerprint density at radius 2 is 2.19 bits per heavy atom. The quantitative estimate of drug-likeness (QED) is 0.944. The number of nitrogens with zero attached hydrogens (tertiary/aromatic N) is 2. The molecule has 1 N–H and O–H groups in total. The van der Waals surface area contributed by atoms with Crippen LogP contribution in [0.4, 0.5) is 5.69 Å². The first-order valence-corrected chi connectivity index (χ1v) is 8.31. The molecule has 1 aliphatic heterocycles. The number of aryl methyl sites for hydroxylation is 3. The minimum atomic E-state index is -0.465. The predicted octanol–water partition coefficient (Wildman–Crippen LogP) is 3.42. The Hall–Kier alpha value is -1.39. The smallest absolute Gasteiger partial charge is 0.0960 e. The third-order valence-electron chi connectivity index (χ3n) is 4.28. The van der Waals surface area contributed by atoms with Crippen molar-refractivity contribution in [3.63, 3.8) is 0 Å². The van der Waals surface area contributed by atoms with Gasteiger partial charge in [-0.15, -0.1) is 11.3 Å². The van der Waals surface area contributed by atoms with Gasteiger partial charge >= 0.3 is 0 Å². The molecule has 21 heavy (non-hydrogen) atoms. The van der Waals surface area contributed by atoms with Gasteiger partial charge in [0, 0.05) is 30.6 Å². The molecule has 1 aromatic carbocycles. The SMILES string of the molecule is Cc1nc(CC(O)c2ccc3c(c2)CCCN3C)sc1C. The van der Waals surface area contributed by atoms with Crippen LogP contribution in [-0.2, 0) is 12.8 Å². The van der Waals surface area contributed by atoms with Crippen molar-refractivity contribution in [1.29, 1.82) is 0 Å². The van der Waals surface area contributed by atoms with Crippen LogP contribution in [0.2, 0.25) is 0 Å². The van der Waals surface area contributed by atoms with Crippen molar-refractivity contribution in [2.24, 2.45) is 0 Å². The number of thiazole rings is 1. The molecule has 3 rings (SSSR count). The number of anilines is 1. The lowest BCUT2D eigenvalue weighted by molar-refractivity contribution is 0.178. The molecular weight excluding hydrogens is 280 g/mol. The summed E-state index contributed by atoms with van der Waals surface area (Å²) in [4.78, 5) is 8.06. The molecule has 0 spiro atoms. The van der Waals surface area contributed by atoms with Crippen LogP contribution in [0, 0.1) is 13.8 Å². The molecule has 1 unspecified atom stereocenters. The van der Waals surface area contributed by atoms with E-state index < -0.39 is 6.10 Å². The summed E-state index contributed by atoms with van der Waals surface area (Å²) in [6, 6.07) is 6.37. The van der Waals surface area contributed by atoms with Gasteiger partial charge in [-0.2, -0.15) is 0 Å². The topological polar surface area (TPSA) is 36.4 Å². The van der Waals surface area contributed by atoms with Crippen LogP contribution in [0.1, 0.15) is 39.2 Å². The van der Waals surface area contributed by atoms with E-state index in [1.807, 2.05) is 6.92 Å². The molecular formula is C17H22N2OS. The fourth-order valence-corrected chi connectivity index (χ4v) is 3.89. The fourth-order valence-electron chi connectivity index (χ4n) is 2.92. The largest absolute Gasteiger partial charge is 0.388 e. The highest BCUT2D eigenvalue weighted by molar-refractivity contribution is 7.11. The van der Waals surface area contributed by atoms with E-state index in [-0.39, 0.29) is 0 Å². The zero-order chi connectivity index (χ0) is 15.0. The molecule has 4 heteroatoms. The van der Waals surface area contributed by atoms with Crippen molar-refractivity contribution in [3.8, 4) is 0 Å². The van der Waals surface area contributed by atoms with Crippen LogP contribution in [0.25, 0.3) is 0 Å². The van der Waals surface area contributed by atoms with E-state index in [1.54, 1.807) is 11.3 Å². The maximum atomic E-state index is 10.5. The third kappa shape index (κ3) is 2.97. The molecule has 112 valence electrons. The molecule has 1 aliphatic rings. The molecule has 0 fully saturated rings. The summed E-state index contributed by atoms with van der Waals surface area (Å²) in [5, 5.41) is 11.5. The Labute approximate surface area is 130 Å². The summed E-state index contributed by atoms with van der Waals surface area (Å²) >= 11 is 1.69. The average Bonchev–Trinajstić information content (AvgIpc) is 2.77. The maximum absolute atomic E-state index is 10.5. The molecule has 0 saturated carbocycles. The minimum absolute atomic E-state index is 0.465. The summed E-state index contributed by atoms with van der Waals surface area (Å²) in [5.74, 6) is 0. The number of aliphatic hydroxyl groups excluding tert-OH is 1. The van der Waals surface area contributed by atoms with E-state index in [9.17, 15) is 5.11 Å². The summed E-state index contributed by atoms with van der Waals surface area (Å²) in [5.41, 5.74) is 4.74. The fraction of sp³-hybridized carbons (Fsp3) is 0.471. The summed E-state index contributed by atoms with van der Waals surface area (Å²) in [7, 11) is 2.13. The lowest BCUT2D eigenvalue weighted by atomic mass is 9.97. The highest BCUT2D eigenvalue weighted by atomic mass is 32.1. The van der Waals surface area contributed by atoms with Gasteiger partial charge in [0.2, 0.25) is 0 Å². The number of hydrogen-bond donors (Lipinski definition) is 1. The first-order chi connectivity index (χ1) is 10.0. The summed E-state index contributed by atoms with van der Waals surface area (Å²) < 4.78 is 0. The highest BCUT2D eigenvalue weighted by Gasteiger charge is 2.17. The maximum Gasteiger partial charge on any atom is 0.0960 e. The molecule has 0 radical (unpaired) electrons. The van der Waals surface area contributed by atoms with Gasteiger partial charge < -0.3 is 10.0 Å². The van der Waals surface area contributed by atoms with Crippen molar-refractivity contribution in [2.45, 2.75) is 39.2 Å². The molecule has 1 aromatic heterocycles. The lowest BCUT2D eigenvalue weighted by Gasteiger charge is -2.28. The monoisotopic (exact) mass is 302 g/mol. The standard InChI is InChI=1S/C17H22N2OS/c1-11-12(2)21-17(18-11)10-16(20)14-6-7-15-13(9-14)5-4-8-19(15)3/h6-7,9,16,20H,4-5,8,10H2,1-3H3. The zero-order valence-corrected chi connectivity index (χ0v) is 13.7. The van der Waals surface area contributed by atoms with Crippen LogP contribution in [0.15, 0.2) is 18.2 Å². The van der Waals surface area contributed by atoms with Gasteiger partial charge in [0.15, 0.2) is 0 Å². The van der Waals surface area contributed by atoms with Crippen molar-refractivity contribution >= 4 is 17.0 Å². The molecule has 1 atom stereocenters. The lowest BCUT2D eigenvalue weighted by Crippen LogP contribution is -2.24. The van der Waals surface area contributed by atoms with Crippen LogP contribution in [0.3, 0.4) is 0 Å². The van der Waals surface area contributed by atoms with Crippen LogP contribution in [0.5, 0.6) is 0 Å². The Kier molecular flexibility index (Phi) is 4.00. The van der Waals surface area contributed by atoms with E-state index in [1.165, 1.54) is 22.5 Å². The van der Waals surface area contributed by atoms with E-state index in [0.717, 1.165) is 29.2 Å². The molecule has 3 nitrogen and oxygen atoms in total. The molecule has 0 bridgehead atoms. The molecule has 2 aromatic rings. The first-order valence-electron chi connectivity index (χ1n) is 7.49. The second-order valence-electron chi connectivity index (χ2n) is 5.88. The van der Waals surface area contributed by atoms with E-state index in [4.69, 9.17) is 0 Å². The predicted molar refractivity (Wildman–Crippen MR) is 88.3 cm³/mol. The summed E-state index contributed by atoms with van der Waals surface area (Å²) in [6.07, 6.45) is 2.44. The Bertz CT molecular complexity index is 631.